The largest absolute Gasteiger partial charge is 0.315 e. The van der Waals surface area contributed by atoms with Crippen LogP contribution in [0.3, 0.4) is 0 Å². The Morgan fingerprint density at radius 3 is 2.87 bits per heavy atom. The fourth-order valence-corrected chi connectivity index (χ4v) is 2.02. The van der Waals surface area contributed by atoms with E-state index in [0.717, 1.165) is 18.1 Å². The highest BCUT2D eigenvalue weighted by atomic mass is 35.5. The molecule has 15 heavy (non-hydrogen) atoms. The van der Waals surface area contributed by atoms with E-state index in [1.54, 1.807) is 6.33 Å². The van der Waals surface area contributed by atoms with Gasteiger partial charge < -0.3 is 4.57 Å². The highest BCUT2D eigenvalue weighted by molar-refractivity contribution is 6.35. The van der Waals surface area contributed by atoms with E-state index >= 15 is 0 Å². The molecule has 1 aliphatic carbocycles. The zero-order valence-corrected chi connectivity index (χ0v) is 9.33. The Hall–Kier alpha value is -0.870. The van der Waals surface area contributed by atoms with Gasteiger partial charge in [-0.2, -0.15) is 4.98 Å². The van der Waals surface area contributed by atoms with Crippen LogP contribution >= 0.6 is 23.2 Å². The van der Waals surface area contributed by atoms with Crippen molar-refractivity contribution in [1.82, 2.24) is 19.5 Å². The standard InChI is InChI=1S/C9H8Cl2N4/c10-7-6-8(14-9(11)13-7)15(4-12-6)3-5-1-2-5/h4-5H,1-3H2. The lowest BCUT2D eigenvalue weighted by atomic mass is 10.4. The molecule has 2 aromatic rings. The molecule has 0 unspecified atom stereocenters. The van der Waals surface area contributed by atoms with Gasteiger partial charge in [0.1, 0.15) is 5.52 Å². The molecule has 1 aliphatic rings. The summed E-state index contributed by atoms with van der Waals surface area (Å²) in [4.78, 5) is 12.2. The second-order valence-corrected chi connectivity index (χ2v) is 4.49. The van der Waals surface area contributed by atoms with E-state index < -0.39 is 0 Å². The zero-order valence-electron chi connectivity index (χ0n) is 7.82. The molecule has 0 radical (unpaired) electrons. The van der Waals surface area contributed by atoms with Crippen molar-refractivity contribution in [3.05, 3.63) is 16.8 Å². The quantitative estimate of drug-likeness (QED) is 0.601. The lowest BCUT2D eigenvalue weighted by molar-refractivity contribution is 0.638. The zero-order chi connectivity index (χ0) is 10.4. The van der Waals surface area contributed by atoms with E-state index in [9.17, 15) is 0 Å². The molecule has 78 valence electrons. The van der Waals surface area contributed by atoms with Crippen molar-refractivity contribution >= 4 is 34.4 Å². The van der Waals surface area contributed by atoms with Gasteiger partial charge in [-0.15, -0.1) is 0 Å². The molecule has 2 aromatic heterocycles. The average Bonchev–Trinajstić information content (AvgIpc) is 2.89. The molecule has 0 amide bonds. The molecule has 0 spiro atoms. The number of hydrogen-bond acceptors (Lipinski definition) is 3. The third kappa shape index (κ3) is 1.68. The Morgan fingerprint density at radius 2 is 2.13 bits per heavy atom. The number of imidazole rings is 1. The van der Waals surface area contributed by atoms with Crippen LogP contribution in [0, 0.1) is 5.92 Å². The molecule has 3 rings (SSSR count). The van der Waals surface area contributed by atoms with Gasteiger partial charge >= 0.3 is 0 Å². The predicted octanol–water partition coefficient (Wildman–Crippen LogP) is 2.54. The molecular formula is C9H8Cl2N4. The van der Waals surface area contributed by atoms with Crippen LogP contribution < -0.4 is 0 Å². The molecule has 2 heterocycles. The van der Waals surface area contributed by atoms with Crippen LogP contribution in [-0.2, 0) is 6.54 Å². The summed E-state index contributed by atoms with van der Waals surface area (Å²) in [6, 6.07) is 0. The first kappa shape index (κ1) is 9.36. The third-order valence-electron chi connectivity index (χ3n) is 2.55. The van der Waals surface area contributed by atoms with Crippen LogP contribution in [0.25, 0.3) is 11.2 Å². The average molecular weight is 243 g/mol. The molecule has 0 N–H and O–H groups in total. The van der Waals surface area contributed by atoms with Crippen molar-refractivity contribution in [3.8, 4) is 0 Å². The van der Waals surface area contributed by atoms with Crippen LogP contribution in [-0.4, -0.2) is 19.5 Å². The second-order valence-electron chi connectivity index (χ2n) is 3.80. The summed E-state index contributed by atoms with van der Waals surface area (Å²) in [6.07, 6.45) is 4.32. The fourth-order valence-electron chi connectivity index (χ4n) is 1.60. The summed E-state index contributed by atoms with van der Waals surface area (Å²) in [7, 11) is 0. The summed E-state index contributed by atoms with van der Waals surface area (Å²) in [5, 5.41) is 0.490. The molecule has 1 fully saturated rings. The Balaban J connectivity index is 2.14. The fraction of sp³-hybridized carbons (Fsp3) is 0.444. The first-order valence-corrected chi connectivity index (χ1v) is 5.53. The summed E-state index contributed by atoms with van der Waals surface area (Å²) in [5.74, 6) is 0.759. The Kier molecular flexibility index (Phi) is 2.07. The molecule has 1 saturated carbocycles. The van der Waals surface area contributed by atoms with Crippen LogP contribution in [0.15, 0.2) is 6.33 Å². The maximum absolute atomic E-state index is 5.92. The van der Waals surface area contributed by atoms with Gasteiger partial charge in [0.25, 0.3) is 0 Å². The smallest absolute Gasteiger partial charge is 0.225 e. The minimum Gasteiger partial charge on any atom is -0.315 e. The molecular weight excluding hydrogens is 235 g/mol. The lowest BCUT2D eigenvalue weighted by Crippen LogP contribution is -1.99. The van der Waals surface area contributed by atoms with Crippen molar-refractivity contribution in [1.29, 1.82) is 0 Å². The summed E-state index contributed by atoms with van der Waals surface area (Å²) >= 11 is 11.7. The normalized spacial score (nSPS) is 16.1. The second kappa shape index (κ2) is 3.32. The van der Waals surface area contributed by atoms with E-state index in [0.29, 0.717) is 10.7 Å². The van der Waals surface area contributed by atoms with E-state index in [1.165, 1.54) is 12.8 Å². The summed E-state index contributed by atoms with van der Waals surface area (Å²) in [6.45, 7) is 0.945. The minimum atomic E-state index is 0.171. The monoisotopic (exact) mass is 242 g/mol. The van der Waals surface area contributed by atoms with E-state index in [4.69, 9.17) is 23.2 Å². The highest BCUT2D eigenvalue weighted by Crippen LogP contribution is 2.32. The number of fused-ring (bicyclic) bond motifs is 1. The summed E-state index contributed by atoms with van der Waals surface area (Å²) in [5.41, 5.74) is 1.36. The van der Waals surface area contributed by atoms with Gasteiger partial charge in [-0.25, -0.2) is 9.97 Å². The van der Waals surface area contributed by atoms with Crippen molar-refractivity contribution in [3.63, 3.8) is 0 Å². The molecule has 6 heteroatoms. The SMILES string of the molecule is Clc1nc(Cl)c2ncn(CC3CC3)c2n1. The van der Waals surface area contributed by atoms with Crippen LogP contribution in [0.2, 0.25) is 10.4 Å². The van der Waals surface area contributed by atoms with E-state index in [-0.39, 0.29) is 5.28 Å². The molecule has 0 aliphatic heterocycles. The topological polar surface area (TPSA) is 43.6 Å². The maximum atomic E-state index is 5.92. The van der Waals surface area contributed by atoms with Gasteiger partial charge in [0.15, 0.2) is 10.8 Å². The van der Waals surface area contributed by atoms with Crippen molar-refractivity contribution in [2.75, 3.05) is 0 Å². The van der Waals surface area contributed by atoms with Crippen LogP contribution in [0.5, 0.6) is 0 Å². The molecule has 0 bridgehead atoms. The van der Waals surface area contributed by atoms with Gasteiger partial charge in [0.05, 0.1) is 6.33 Å². The number of rotatable bonds is 2. The van der Waals surface area contributed by atoms with E-state index in [1.807, 2.05) is 4.57 Å². The summed E-state index contributed by atoms with van der Waals surface area (Å²) < 4.78 is 1.99. The number of hydrogen-bond donors (Lipinski definition) is 0. The van der Waals surface area contributed by atoms with Gasteiger partial charge in [0.2, 0.25) is 5.28 Å². The van der Waals surface area contributed by atoms with Gasteiger partial charge in [0, 0.05) is 6.54 Å². The Labute approximate surface area is 96.3 Å². The number of aromatic nitrogens is 4. The number of nitrogens with zero attached hydrogens (tertiary/aromatic N) is 4. The maximum Gasteiger partial charge on any atom is 0.225 e. The van der Waals surface area contributed by atoms with Gasteiger partial charge in [-0.3, -0.25) is 0 Å². The third-order valence-corrected chi connectivity index (χ3v) is 2.98. The Morgan fingerprint density at radius 1 is 1.33 bits per heavy atom. The molecule has 0 aromatic carbocycles. The van der Waals surface area contributed by atoms with Crippen LogP contribution in [0.1, 0.15) is 12.8 Å². The Bertz CT molecular complexity index is 518. The van der Waals surface area contributed by atoms with Gasteiger partial charge in [-0.05, 0) is 30.4 Å². The molecule has 0 saturated heterocycles. The first-order chi connectivity index (χ1) is 7.24. The van der Waals surface area contributed by atoms with Crippen LogP contribution in [0.4, 0.5) is 0 Å². The van der Waals surface area contributed by atoms with Crippen molar-refractivity contribution < 1.29 is 0 Å². The minimum absolute atomic E-state index is 0.171. The van der Waals surface area contributed by atoms with E-state index in [2.05, 4.69) is 15.0 Å². The van der Waals surface area contributed by atoms with Crippen molar-refractivity contribution in [2.45, 2.75) is 19.4 Å². The van der Waals surface area contributed by atoms with Crippen molar-refractivity contribution in [2.24, 2.45) is 5.92 Å². The number of halogens is 2. The highest BCUT2D eigenvalue weighted by Gasteiger charge is 2.23. The molecule has 4 nitrogen and oxygen atoms in total. The first-order valence-electron chi connectivity index (χ1n) is 4.78. The lowest BCUT2D eigenvalue weighted by Gasteiger charge is -2.01. The molecule has 0 atom stereocenters. The predicted molar refractivity (Wildman–Crippen MR) is 58.1 cm³/mol. The van der Waals surface area contributed by atoms with Gasteiger partial charge in [-0.1, -0.05) is 11.6 Å².